The SMILES string of the molecule is C[C@@H]1[C@H](OC(=O)CC2CCCC2)O[C@@H]2O[C@@]3(C)CC[C@@H]4[C@H](C)CC[C@H]1[C@@]24OO3. The largest absolute Gasteiger partial charge is 0.435 e. The molecule has 0 unspecified atom stereocenters. The number of carbonyl (C=O) groups excluding carboxylic acids is 1. The first kappa shape index (κ1) is 19.3. The lowest BCUT2D eigenvalue weighted by atomic mass is 9.58. The standard InChI is InChI=1S/C22H34O6/c1-13-8-9-17-14(2)19(24-18(23)12-15-6-4-5-7-15)25-20-22(17)16(13)10-11-21(3,26-20)27-28-22/h13-17,19-20H,4-12H2,1-3H3/t13-,14+,16-,17-,19-,20-,21-,22-/m1/s1. The van der Waals surface area contributed by atoms with Crippen molar-refractivity contribution in [2.75, 3.05) is 0 Å². The summed E-state index contributed by atoms with van der Waals surface area (Å²) in [5.41, 5.74) is -0.596. The highest BCUT2D eigenvalue weighted by molar-refractivity contribution is 5.69. The molecule has 6 rings (SSSR count). The number of esters is 1. The third-order valence-corrected chi connectivity index (χ3v) is 8.27. The molecular formula is C22H34O6. The Balaban J connectivity index is 1.38. The number of hydrogen-bond donors (Lipinski definition) is 0. The average Bonchev–Trinajstić information content (AvgIpc) is 3.05. The number of carbonyl (C=O) groups is 1. The second-order valence-electron chi connectivity index (χ2n) is 10.1. The molecular weight excluding hydrogens is 360 g/mol. The Morgan fingerprint density at radius 3 is 2.61 bits per heavy atom. The van der Waals surface area contributed by atoms with Crippen LogP contribution in [0.2, 0.25) is 0 Å². The van der Waals surface area contributed by atoms with Crippen LogP contribution < -0.4 is 0 Å². The fraction of sp³-hybridized carbons (Fsp3) is 0.955. The third-order valence-electron chi connectivity index (χ3n) is 8.27. The molecule has 6 heteroatoms. The van der Waals surface area contributed by atoms with Crippen LogP contribution in [0.1, 0.15) is 78.6 Å². The van der Waals surface area contributed by atoms with Crippen molar-refractivity contribution in [3.8, 4) is 0 Å². The molecule has 6 nitrogen and oxygen atoms in total. The van der Waals surface area contributed by atoms with Crippen LogP contribution in [-0.2, 0) is 28.8 Å². The van der Waals surface area contributed by atoms with E-state index in [0.717, 1.165) is 38.5 Å². The van der Waals surface area contributed by atoms with Crippen LogP contribution in [0.25, 0.3) is 0 Å². The van der Waals surface area contributed by atoms with Gasteiger partial charge in [-0.15, -0.1) is 0 Å². The predicted molar refractivity (Wildman–Crippen MR) is 99.5 cm³/mol. The number of ether oxygens (including phenoxy) is 3. The Kier molecular flexibility index (Phi) is 4.77. The van der Waals surface area contributed by atoms with Crippen molar-refractivity contribution >= 4 is 5.97 Å². The first-order valence-electron chi connectivity index (χ1n) is 11.3. The molecule has 4 aliphatic heterocycles. The number of hydrogen-bond acceptors (Lipinski definition) is 6. The zero-order valence-corrected chi connectivity index (χ0v) is 17.4. The highest BCUT2D eigenvalue weighted by Gasteiger charge is 2.69. The van der Waals surface area contributed by atoms with Crippen molar-refractivity contribution < 1.29 is 28.8 Å². The molecule has 0 aromatic carbocycles. The van der Waals surface area contributed by atoms with E-state index in [1.165, 1.54) is 12.8 Å². The molecule has 6 fully saturated rings. The maximum atomic E-state index is 12.6. The van der Waals surface area contributed by atoms with Gasteiger partial charge in [0.25, 0.3) is 0 Å². The molecule has 2 saturated carbocycles. The third kappa shape index (κ3) is 2.94. The van der Waals surface area contributed by atoms with Gasteiger partial charge in [-0.25, -0.2) is 9.78 Å². The molecule has 0 aromatic heterocycles. The fourth-order valence-corrected chi connectivity index (χ4v) is 6.63. The van der Waals surface area contributed by atoms with Crippen molar-refractivity contribution in [1.82, 2.24) is 0 Å². The molecule has 2 aliphatic carbocycles. The van der Waals surface area contributed by atoms with Crippen molar-refractivity contribution in [3.05, 3.63) is 0 Å². The summed E-state index contributed by atoms with van der Waals surface area (Å²) in [5, 5.41) is 0. The molecule has 0 amide bonds. The average molecular weight is 395 g/mol. The van der Waals surface area contributed by atoms with Gasteiger partial charge in [0.1, 0.15) is 0 Å². The van der Waals surface area contributed by atoms with Gasteiger partial charge < -0.3 is 14.2 Å². The maximum absolute atomic E-state index is 12.6. The van der Waals surface area contributed by atoms with E-state index in [9.17, 15) is 4.79 Å². The van der Waals surface area contributed by atoms with Crippen molar-refractivity contribution in [2.24, 2.45) is 29.6 Å². The van der Waals surface area contributed by atoms with Gasteiger partial charge in [-0.3, -0.25) is 4.79 Å². The number of rotatable bonds is 3. The van der Waals surface area contributed by atoms with Crippen LogP contribution in [0.3, 0.4) is 0 Å². The molecule has 158 valence electrons. The Morgan fingerprint density at radius 1 is 1.04 bits per heavy atom. The molecule has 1 spiro atoms. The Hall–Kier alpha value is -0.690. The van der Waals surface area contributed by atoms with Gasteiger partial charge in [0, 0.05) is 24.7 Å². The monoisotopic (exact) mass is 394 g/mol. The fourth-order valence-electron chi connectivity index (χ4n) is 6.63. The lowest BCUT2D eigenvalue weighted by Gasteiger charge is -2.59. The first-order valence-corrected chi connectivity index (χ1v) is 11.3. The molecule has 0 aromatic rings. The van der Waals surface area contributed by atoms with Gasteiger partial charge in [0.05, 0.1) is 0 Å². The summed E-state index contributed by atoms with van der Waals surface area (Å²) in [4.78, 5) is 24.5. The van der Waals surface area contributed by atoms with Gasteiger partial charge >= 0.3 is 5.97 Å². The van der Waals surface area contributed by atoms with E-state index in [4.69, 9.17) is 24.0 Å². The van der Waals surface area contributed by atoms with E-state index in [1.54, 1.807) is 0 Å². The van der Waals surface area contributed by atoms with Crippen LogP contribution in [0.5, 0.6) is 0 Å². The van der Waals surface area contributed by atoms with Crippen LogP contribution >= 0.6 is 0 Å². The van der Waals surface area contributed by atoms with Gasteiger partial charge in [-0.1, -0.05) is 26.7 Å². The molecule has 28 heavy (non-hydrogen) atoms. The molecule has 2 bridgehead atoms. The maximum Gasteiger partial charge on any atom is 0.308 e. The minimum absolute atomic E-state index is 0.0495. The van der Waals surface area contributed by atoms with Crippen LogP contribution in [0.15, 0.2) is 0 Å². The van der Waals surface area contributed by atoms with E-state index in [0.29, 0.717) is 24.2 Å². The van der Waals surface area contributed by atoms with Crippen molar-refractivity contribution in [3.63, 3.8) is 0 Å². The molecule has 4 saturated heterocycles. The minimum Gasteiger partial charge on any atom is -0.435 e. The summed E-state index contributed by atoms with van der Waals surface area (Å²) in [7, 11) is 0. The molecule has 4 heterocycles. The molecule has 8 atom stereocenters. The smallest absolute Gasteiger partial charge is 0.308 e. The Bertz CT molecular complexity index is 618. The predicted octanol–water partition coefficient (Wildman–Crippen LogP) is 4.32. The van der Waals surface area contributed by atoms with E-state index in [1.807, 2.05) is 6.92 Å². The van der Waals surface area contributed by atoms with Crippen LogP contribution in [0, 0.1) is 29.6 Å². The van der Waals surface area contributed by atoms with Gasteiger partial charge in [-0.05, 0) is 56.8 Å². The Morgan fingerprint density at radius 2 is 1.82 bits per heavy atom. The summed E-state index contributed by atoms with van der Waals surface area (Å²) in [6.07, 6.45) is 8.06. The van der Waals surface area contributed by atoms with Crippen LogP contribution in [0.4, 0.5) is 0 Å². The van der Waals surface area contributed by atoms with Gasteiger partial charge in [-0.2, -0.15) is 0 Å². The van der Waals surface area contributed by atoms with E-state index >= 15 is 0 Å². The molecule has 0 N–H and O–H groups in total. The first-order chi connectivity index (χ1) is 13.4. The normalized spacial score (nSPS) is 50.8. The lowest BCUT2D eigenvalue weighted by Crippen LogP contribution is -2.70. The van der Waals surface area contributed by atoms with Crippen LogP contribution in [-0.4, -0.2) is 29.9 Å². The second kappa shape index (κ2) is 6.93. The highest BCUT2D eigenvalue weighted by Crippen LogP contribution is 2.60. The van der Waals surface area contributed by atoms with E-state index in [2.05, 4.69) is 13.8 Å². The number of fused-ring (bicyclic) bond motifs is 2. The summed E-state index contributed by atoms with van der Waals surface area (Å²) in [6.45, 7) is 6.34. The Labute approximate surface area is 167 Å². The lowest BCUT2D eigenvalue weighted by molar-refractivity contribution is -0.576. The summed E-state index contributed by atoms with van der Waals surface area (Å²) < 4.78 is 18.5. The van der Waals surface area contributed by atoms with Crippen molar-refractivity contribution in [2.45, 2.75) is 103 Å². The summed E-state index contributed by atoms with van der Waals surface area (Å²) >= 11 is 0. The molecule has 0 radical (unpaired) electrons. The summed E-state index contributed by atoms with van der Waals surface area (Å²) in [5.74, 6) is 0.645. The van der Waals surface area contributed by atoms with Gasteiger partial charge in [0.15, 0.2) is 11.9 Å². The van der Waals surface area contributed by atoms with Gasteiger partial charge in [0.2, 0.25) is 12.1 Å². The minimum atomic E-state index is -0.795. The summed E-state index contributed by atoms with van der Waals surface area (Å²) in [6, 6.07) is 0. The molecule has 6 aliphatic rings. The zero-order chi connectivity index (χ0) is 19.5. The van der Waals surface area contributed by atoms with E-state index in [-0.39, 0.29) is 17.8 Å². The quantitative estimate of drug-likeness (QED) is 0.525. The zero-order valence-electron chi connectivity index (χ0n) is 17.4. The highest BCUT2D eigenvalue weighted by atomic mass is 17.3. The van der Waals surface area contributed by atoms with E-state index < -0.39 is 24.0 Å². The van der Waals surface area contributed by atoms with Crippen molar-refractivity contribution in [1.29, 1.82) is 0 Å². The topological polar surface area (TPSA) is 63.2 Å². The second-order valence-corrected chi connectivity index (χ2v) is 10.1.